The largest absolute Gasteiger partial charge is 0.271 e. The van der Waals surface area contributed by atoms with E-state index in [1.807, 2.05) is 0 Å². The summed E-state index contributed by atoms with van der Waals surface area (Å²) in [6, 6.07) is 1.47. The molecule has 0 radical (unpaired) electrons. The van der Waals surface area contributed by atoms with E-state index in [9.17, 15) is 0 Å². The zero-order valence-electron chi connectivity index (χ0n) is 8.02. The van der Waals surface area contributed by atoms with Crippen molar-refractivity contribution in [3.05, 3.63) is 44.6 Å². The van der Waals surface area contributed by atoms with Crippen molar-refractivity contribution in [1.82, 2.24) is 15.4 Å². The van der Waals surface area contributed by atoms with Crippen molar-refractivity contribution in [2.75, 3.05) is 0 Å². The van der Waals surface area contributed by atoms with Crippen LogP contribution in [0.3, 0.4) is 0 Å². The number of aromatic nitrogens is 2. The van der Waals surface area contributed by atoms with Crippen molar-refractivity contribution in [3.8, 4) is 0 Å². The van der Waals surface area contributed by atoms with Crippen molar-refractivity contribution >= 4 is 34.5 Å². The molecular weight excluding hydrogens is 267 g/mol. The maximum atomic E-state index is 6.06. The van der Waals surface area contributed by atoms with E-state index in [-0.39, 0.29) is 6.04 Å². The van der Waals surface area contributed by atoms with Gasteiger partial charge in [-0.1, -0.05) is 23.2 Å². The van der Waals surface area contributed by atoms with Crippen LogP contribution >= 0.6 is 34.5 Å². The Hall–Kier alpha value is -0.720. The van der Waals surface area contributed by atoms with Crippen LogP contribution in [0.5, 0.6) is 0 Å². The van der Waals surface area contributed by atoms with Crippen LogP contribution < -0.4 is 11.3 Å². The number of halogens is 2. The highest BCUT2D eigenvalue weighted by atomic mass is 35.5. The third-order valence-corrected chi connectivity index (χ3v) is 3.56. The number of nitrogens with zero attached hydrogens (tertiary/aromatic N) is 2. The van der Waals surface area contributed by atoms with Crippen LogP contribution in [0.15, 0.2) is 24.7 Å². The molecule has 0 spiro atoms. The van der Waals surface area contributed by atoms with Crippen LogP contribution in [0.4, 0.5) is 0 Å². The van der Waals surface area contributed by atoms with Crippen LogP contribution in [-0.4, -0.2) is 9.97 Å². The number of thiophene rings is 1. The SMILES string of the molecule is NNC(c1cnccn1)c1cc(Cl)sc1Cl. The van der Waals surface area contributed by atoms with Gasteiger partial charge in [-0.3, -0.25) is 15.8 Å². The van der Waals surface area contributed by atoms with Crippen LogP contribution in [0.1, 0.15) is 17.3 Å². The number of hydrogen-bond donors (Lipinski definition) is 2. The predicted molar refractivity (Wildman–Crippen MR) is 65.5 cm³/mol. The van der Waals surface area contributed by atoms with Crippen molar-refractivity contribution in [2.45, 2.75) is 6.04 Å². The highest BCUT2D eigenvalue weighted by molar-refractivity contribution is 7.20. The Morgan fingerprint density at radius 1 is 1.38 bits per heavy atom. The molecule has 0 fully saturated rings. The van der Waals surface area contributed by atoms with E-state index in [1.54, 1.807) is 24.7 Å². The fourth-order valence-corrected chi connectivity index (χ4v) is 2.88. The topological polar surface area (TPSA) is 63.8 Å². The summed E-state index contributed by atoms with van der Waals surface area (Å²) in [6.07, 6.45) is 4.83. The van der Waals surface area contributed by atoms with Crippen molar-refractivity contribution in [1.29, 1.82) is 0 Å². The zero-order chi connectivity index (χ0) is 11.5. The molecule has 1 unspecified atom stereocenters. The molecule has 84 valence electrons. The van der Waals surface area contributed by atoms with E-state index >= 15 is 0 Å². The molecule has 0 amide bonds. The maximum Gasteiger partial charge on any atom is 0.0996 e. The smallest absolute Gasteiger partial charge is 0.0996 e. The first-order valence-corrected chi connectivity index (χ1v) is 5.96. The van der Waals surface area contributed by atoms with E-state index < -0.39 is 0 Å². The maximum absolute atomic E-state index is 6.06. The molecule has 0 aliphatic rings. The van der Waals surface area contributed by atoms with Crippen LogP contribution in [0, 0.1) is 0 Å². The van der Waals surface area contributed by atoms with Gasteiger partial charge in [0.25, 0.3) is 0 Å². The van der Waals surface area contributed by atoms with Crippen LogP contribution in [-0.2, 0) is 0 Å². The molecule has 0 saturated carbocycles. The number of rotatable bonds is 3. The number of nitrogens with one attached hydrogen (secondary N) is 1. The molecular formula is C9H8Cl2N4S. The monoisotopic (exact) mass is 274 g/mol. The fourth-order valence-electron chi connectivity index (χ4n) is 1.34. The molecule has 0 aliphatic heterocycles. The summed E-state index contributed by atoms with van der Waals surface area (Å²) >= 11 is 13.2. The molecule has 2 rings (SSSR count). The van der Waals surface area contributed by atoms with Gasteiger partial charge in [-0.2, -0.15) is 0 Å². The summed E-state index contributed by atoms with van der Waals surface area (Å²) in [6.45, 7) is 0. The first-order chi connectivity index (χ1) is 7.72. The second kappa shape index (κ2) is 5.07. The summed E-state index contributed by atoms with van der Waals surface area (Å²) in [4.78, 5) is 8.16. The van der Waals surface area contributed by atoms with Crippen LogP contribution in [0.25, 0.3) is 0 Å². The van der Waals surface area contributed by atoms with Gasteiger partial charge in [-0.05, 0) is 6.07 Å². The standard InChI is InChI=1S/C9H8Cl2N4S/c10-7-3-5(9(11)16-7)8(15-12)6-4-13-1-2-14-6/h1-4,8,15H,12H2. The third kappa shape index (κ3) is 2.34. The van der Waals surface area contributed by atoms with E-state index in [0.29, 0.717) is 14.4 Å². The number of hydrazine groups is 1. The average Bonchev–Trinajstić information content (AvgIpc) is 2.61. The predicted octanol–water partition coefficient (Wildman–Crippen LogP) is 2.40. The normalized spacial score (nSPS) is 12.7. The van der Waals surface area contributed by atoms with Gasteiger partial charge in [0.05, 0.1) is 26.6 Å². The molecule has 3 N–H and O–H groups in total. The van der Waals surface area contributed by atoms with Crippen molar-refractivity contribution < 1.29 is 0 Å². The van der Waals surface area contributed by atoms with Crippen LogP contribution in [0.2, 0.25) is 8.67 Å². The van der Waals surface area contributed by atoms with Gasteiger partial charge >= 0.3 is 0 Å². The molecule has 2 aromatic rings. The minimum absolute atomic E-state index is 0.301. The molecule has 2 aromatic heterocycles. The molecule has 7 heteroatoms. The van der Waals surface area contributed by atoms with E-state index in [1.165, 1.54) is 11.3 Å². The quantitative estimate of drug-likeness (QED) is 0.667. The molecule has 0 bridgehead atoms. The van der Waals surface area contributed by atoms with E-state index in [4.69, 9.17) is 29.0 Å². The van der Waals surface area contributed by atoms with Gasteiger partial charge in [0, 0.05) is 18.0 Å². The Balaban J connectivity index is 2.40. The minimum atomic E-state index is -0.301. The highest BCUT2D eigenvalue weighted by Gasteiger charge is 2.19. The molecule has 1 atom stereocenters. The summed E-state index contributed by atoms with van der Waals surface area (Å²) in [7, 11) is 0. The Labute approximate surface area is 106 Å². The van der Waals surface area contributed by atoms with Crippen molar-refractivity contribution in [2.24, 2.45) is 5.84 Å². The summed E-state index contributed by atoms with van der Waals surface area (Å²) < 4.78 is 1.21. The van der Waals surface area contributed by atoms with Crippen molar-refractivity contribution in [3.63, 3.8) is 0 Å². The van der Waals surface area contributed by atoms with Gasteiger partial charge < -0.3 is 0 Å². The van der Waals surface area contributed by atoms with Gasteiger partial charge in [0.2, 0.25) is 0 Å². The fraction of sp³-hybridized carbons (Fsp3) is 0.111. The zero-order valence-corrected chi connectivity index (χ0v) is 10.4. The first-order valence-electron chi connectivity index (χ1n) is 4.39. The first kappa shape index (κ1) is 11.8. The molecule has 0 saturated heterocycles. The lowest BCUT2D eigenvalue weighted by atomic mass is 10.1. The lowest BCUT2D eigenvalue weighted by molar-refractivity contribution is 0.619. The molecule has 2 heterocycles. The minimum Gasteiger partial charge on any atom is -0.271 e. The summed E-state index contributed by atoms with van der Waals surface area (Å²) in [5.74, 6) is 5.50. The van der Waals surface area contributed by atoms with E-state index in [2.05, 4.69) is 15.4 Å². The van der Waals surface area contributed by atoms with Gasteiger partial charge in [-0.15, -0.1) is 11.3 Å². The molecule has 4 nitrogen and oxygen atoms in total. The van der Waals surface area contributed by atoms with Gasteiger partial charge in [0.15, 0.2) is 0 Å². The van der Waals surface area contributed by atoms with Gasteiger partial charge in [0.1, 0.15) is 0 Å². The lowest BCUT2D eigenvalue weighted by Crippen LogP contribution is -2.29. The van der Waals surface area contributed by atoms with E-state index in [0.717, 1.165) is 5.56 Å². The summed E-state index contributed by atoms with van der Waals surface area (Å²) in [5.41, 5.74) is 4.15. The lowest BCUT2D eigenvalue weighted by Gasteiger charge is -2.13. The third-order valence-electron chi connectivity index (χ3n) is 2.04. The highest BCUT2D eigenvalue weighted by Crippen LogP contribution is 2.36. The molecule has 16 heavy (non-hydrogen) atoms. The Bertz CT molecular complexity index is 474. The molecule has 0 aliphatic carbocycles. The Morgan fingerprint density at radius 2 is 2.19 bits per heavy atom. The molecule has 0 aromatic carbocycles. The number of nitrogens with two attached hydrogens (primary N) is 1. The van der Waals surface area contributed by atoms with Gasteiger partial charge in [-0.25, -0.2) is 5.43 Å². The Kier molecular flexibility index (Phi) is 3.73. The summed E-state index contributed by atoms with van der Waals surface area (Å²) in [5, 5.41) is 0. The average molecular weight is 275 g/mol. The second-order valence-corrected chi connectivity index (χ2v) is 5.30. The Morgan fingerprint density at radius 3 is 2.69 bits per heavy atom. The number of hydrogen-bond acceptors (Lipinski definition) is 5. The second-order valence-electron chi connectivity index (χ2n) is 3.01.